The molecule has 0 saturated heterocycles. The van der Waals surface area contributed by atoms with Crippen molar-refractivity contribution in [1.82, 2.24) is 4.72 Å². The summed E-state index contributed by atoms with van der Waals surface area (Å²) in [5, 5.41) is 0. The number of unbranched alkanes of at least 4 members (excludes halogenated alkanes) is 2. The van der Waals surface area contributed by atoms with Crippen LogP contribution in [0.1, 0.15) is 32.6 Å². The SMILES string of the molecule is CCOC(=O)CCCCCNS(=O)(=O)c1ccccc1. The lowest BCUT2D eigenvalue weighted by molar-refractivity contribution is -0.143. The second-order valence-corrected chi connectivity index (χ2v) is 6.09. The van der Waals surface area contributed by atoms with E-state index >= 15 is 0 Å². The molecule has 0 aliphatic carbocycles. The van der Waals surface area contributed by atoms with Crippen molar-refractivity contribution in [2.75, 3.05) is 13.2 Å². The molecule has 0 atom stereocenters. The predicted molar refractivity (Wildman–Crippen MR) is 76.7 cm³/mol. The average molecular weight is 299 g/mol. The first-order valence-corrected chi connectivity index (χ1v) is 8.25. The lowest BCUT2D eigenvalue weighted by Crippen LogP contribution is -2.24. The number of carbonyl (C=O) groups is 1. The fourth-order valence-corrected chi connectivity index (χ4v) is 2.79. The number of carbonyl (C=O) groups excluding carboxylic acids is 1. The molecule has 1 aromatic carbocycles. The minimum absolute atomic E-state index is 0.197. The summed E-state index contributed by atoms with van der Waals surface area (Å²) in [4.78, 5) is 11.4. The zero-order valence-electron chi connectivity index (χ0n) is 11.7. The molecule has 0 aliphatic heterocycles. The number of esters is 1. The highest BCUT2D eigenvalue weighted by Gasteiger charge is 2.11. The molecule has 0 radical (unpaired) electrons. The Balaban J connectivity index is 2.20. The Morgan fingerprint density at radius 3 is 2.50 bits per heavy atom. The van der Waals surface area contributed by atoms with Crippen molar-refractivity contribution in [3.8, 4) is 0 Å². The zero-order chi connectivity index (χ0) is 14.8. The van der Waals surface area contributed by atoms with Gasteiger partial charge in [-0.25, -0.2) is 13.1 Å². The van der Waals surface area contributed by atoms with E-state index in [1.807, 2.05) is 0 Å². The van der Waals surface area contributed by atoms with Gasteiger partial charge in [0.2, 0.25) is 10.0 Å². The van der Waals surface area contributed by atoms with E-state index in [4.69, 9.17) is 4.74 Å². The van der Waals surface area contributed by atoms with Gasteiger partial charge in [0.05, 0.1) is 11.5 Å². The lowest BCUT2D eigenvalue weighted by atomic mass is 10.2. The molecule has 0 amide bonds. The van der Waals surface area contributed by atoms with Gasteiger partial charge >= 0.3 is 5.97 Å². The Morgan fingerprint density at radius 2 is 1.85 bits per heavy atom. The molecule has 0 aromatic heterocycles. The number of nitrogens with one attached hydrogen (secondary N) is 1. The molecule has 5 nitrogen and oxygen atoms in total. The third-order valence-electron chi connectivity index (χ3n) is 2.71. The maximum Gasteiger partial charge on any atom is 0.305 e. The van der Waals surface area contributed by atoms with Crippen LogP contribution in [0, 0.1) is 0 Å². The molecule has 0 fully saturated rings. The van der Waals surface area contributed by atoms with Crippen LogP contribution in [-0.4, -0.2) is 27.5 Å². The Labute approximate surface area is 120 Å². The van der Waals surface area contributed by atoms with Gasteiger partial charge in [0, 0.05) is 13.0 Å². The largest absolute Gasteiger partial charge is 0.466 e. The Morgan fingerprint density at radius 1 is 1.15 bits per heavy atom. The number of sulfonamides is 1. The highest BCUT2D eigenvalue weighted by atomic mass is 32.2. The van der Waals surface area contributed by atoms with Gasteiger partial charge in [-0.3, -0.25) is 4.79 Å². The van der Waals surface area contributed by atoms with Crippen molar-refractivity contribution >= 4 is 16.0 Å². The van der Waals surface area contributed by atoms with Gasteiger partial charge in [0.15, 0.2) is 0 Å². The van der Waals surface area contributed by atoms with Crippen molar-refractivity contribution in [2.45, 2.75) is 37.5 Å². The standard InChI is InChI=1S/C14H21NO4S/c1-2-19-14(16)11-7-4-8-12-15-20(17,18)13-9-5-3-6-10-13/h3,5-6,9-10,15H,2,4,7-8,11-12H2,1H3. The number of hydrogen-bond acceptors (Lipinski definition) is 4. The summed E-state index contributed by atoms with van der Waals surface area (Å²) >= 11 is 0. The van der Waals surface area contributed by atoms with Gasteiger partial charge in [0.25, 0.3) is 0 Å². The van der Waals surface area contributed by atoms with E-state index in [1.165, 1.54) is 0 Å². The van der Waals surface area contributed by atoms with Gasteiger partial charge in [-0.1, -0.05) is 24.6 Å². The van der Waals surface area contributed by atoms with Gasteiger partial charge in [-0.2, -0.15) is 0 Å². The molecule has 0 saturated carbocycles. The van der Waals surface area contributed by atoms with Crippen molar-refractivity contribution in [1.29, 1.82) is 0 Å². The number of rotatable bonds is 9. The van der Waals surface area contributed by atoms with Crippen molar-refractivity contribution in [3.63, 3.8) is 0 Å². The molecular weight excluding hydrogens is 278 g/mol. The van der Waals surface area contributed by atoms with Crippen LogP contribution in [0.25, 0.3) is 0 Å². The minimum Gasteiger partial charge on any atom is -0.466 e. The summed E-state index contributed by atoms with van der Waals surface area (Å²) in [7, 11) is -3.41. The molecule has 0 heterocycles. The van der Waals surface area contributed by atoms with E-state index in [-0.39, 0.29) is 10.9 Å². The van der Waals surface area contributed by atoms with Crippen LogP contribution in [0.5, 0.6) is 0 Å². The van der Waals surface area contributed by atoms with Gasteiger partial charge in [0.1, 0.15) is 0 Å². The third kappa shape index (κ3) is 6.16. The monoisotopic (exact) mass is 299 g/mol. The van der Waals surface area contributed by atoms with Crippen LogP contribution in [-0.2, 0) is 19.6 Å². The minimum atomic E-state index is -3.41. The van der Waals surface area contributed by atoms with Gasteiger partial charge in [-0.05, 0) is 31.9 Å². The van der Waals surface area contributed by atoms with Crippen LogP contribution in [0.3, 0.4) is 0 Å². The number of ether oxygens (including phenoxy) is 1. The van der Waals surface area contributed by atoms with Crippen molar-refractivity contribution in [3.05, 3.63) is 30.3 Å². The van der Waals surface area contributed by atoms with Crippen LogP contribution >= 0.6 is 0 Å². The molecule has 1 aromatic rings. The first kappa shape index (κ1) is 16.7. The van der Waals surface area contributed by atoms with Crippen molar-refractivity contribution < 1.29 is 17.9 Å². The van der Waals surface area contributed by atoms with Crippen LogP contribution in [0.4, 0.5) is 0 Å². The van der Waals surface area contributed by atoms with E-state index in [0.29, 0.717) is 32.4 Å². The average Bonchev–Trinajstić information content (AvgIpc) is 2.44. The topological polar surface area (TPSA) is 72.5 Å². The van der Waals surface area contributed by atoms with Gasteiger partial charge < -0.3 is 4.74 Å². The Bertz CT molecular complexity index is 499. The maximum atomic E-state index is 11.9. The normalized spacial score (nSPS) is 11.2. The fourth-order valence-electron chi connectivity index (χ4n) is 1.69. The van der Waals surface area contributed by atoms with E-state index < -0.39 is 10.0 Å². The maximum absolute atomic E-state index is 11.9. The molecular formula is C14H21NO4S. The number of benzene rings is 1. The van der Waals surface area contributed by atoms with E-state index in [1.54, 1.807) is 37.3 Å². The summed E-state index contributed by atoms with van der Waals surface area (Å²) in [6.07, 6.45) is 2.59. The highest BCUT2D eigenvalue weighted by Crippen LogP contribution is 2.07. The zero-order valence-corrected chi connectivity index (χ0v) is 12.5. The quantitative estimate of drug-likeness (QED) is 0.560. The molecule has 1 rings (SSSR count). The summed E-state index contributed by atoms with van der Waals surface area (Å²) in [5.41, 5.74) is 0. The van der Waals surface area contributed by atoms with Crippen LogP contribution in [0.2, 0.25) is 0 Å². The second-order valence-electron chi connectivity index (χ2n) is 4.33. The highest BCUT2D eigenvalue weighted by molar-refractivity contribution is 7.89. The Kier molecular flexibility index (Phi) is 7.25. The number of hydrogen-bond donors (Lipinski definition) is 1. The first-order valence-electron chi connectivity index (χ1n) is 6.76. The molecule has 0 aliphatic rings. The summed E-state index contributed by atoms with van der Waals surface area (Å²) in [6, 6.07) is 8.27. The van der Waals surface area contributed by atoms with Gasteiger partial charge in [-0.15, -0.1) is 0 Å². The molecule has 0 spiro atoms. The van der Waals surface area contributed by atoms with Crippen molar-refractivity contribution in [2.24, 2.45) is 0 Å². The first-order chi connectivity index (χ1) is 9.56. The smallest absolute Gasteiger partial charge is 0.305 e. The predicted octanol–water partition coefficient (Wildman–Crippen LogP) is 2.09. The molecule has 1 N–H and O–H groups in total. The molecule has 0 bridgehead atoms. The van der Waals surface area contributed by atoms with Crippen LogP contribution in [0.15, 0.2) is 35.2 Å². The van der Waals surface area contributed by atoms with E-state index in [2.05, 4.69) is 4.72 Å². The molecule has 112 valence electrons. The third-order valence-corrected chi connectivity index (χ3v) is 4.19. The Hall–Kier alpha value is -1.40. The molecule has 20 heavy (non-hydrogen) atoms. The molecule has 6 heteroatoms. The fraction of sp³-hybridized carbons (Fsp3) is 0.500. The van der Waals surface area contributed by atoms with E-state index in [9.17, 15) is 13.2 Å². The second kappa shape index (κ2) is 8.71. The summed E-state index contributed by atoms with van der Waals surface area (Å²) in [6.45, 7) is 2.55. The molecule has 0 unspecified atom stereocenters. The summed E-state index contributed by atoms with van der Waals surface area (Å²) < 4.78 is 31.1. The van der Waals surface area contributed by atoms with E-state index in [0.717, 1.165) is 6.42 Å². The summed E-state index contributed by atoms with van der Waals surface area (Å²) in [5.74, 6) is -0.197. The lowest BCUT2D eigenvalue weighted by Gasteiger charge is -2.06. The van der Waals surface area contributed by atoms with Crippen LogP contribution < -0.4 is 4.72 Å².